The van der Waals surface area contributed by atoms with Crippen molar-refractivity contribution in [2.75, 3.05) is 5.32 Å². The maximum absolute atomic E-state index is 14.2. The monoisotopic (exact) mass is 472 g/mol. The quantitative estimate of drug-likeness (QED) is 0.382. The number of phenols is 2. The van der Waals surface area contributed by atoms with Gasteiger partial charge in [0.2, 0.25) is 0 Å². The molecule has 4 aromatic rings. The van der Waals surface area contributed by atoms with Crippen LogP contribution in [0.5, 0.6) is 11.5 Å². The number of halogens is 1. The van der Waals surface area contributed by atoms with Crippen molar-refractivity contribution < 1.29 is 19.4 Å². The van der Waals surface area contributed by atoms with Gasteiger partial charge in [-0.25, -0.2) is 4.39 Å². The van der Waals surface area contributed by atoms with E-state index in [-0.39, 0.29) is 41.7 Å². The summed E-state index contributed by atoms with van der Waals surface area (Å²) < 4.78 is 15.9. The fraction of sp³-hybridized carbons (Fsp3) is 0.185. The topological polar surface area (TPSA) is 90.6 Å². The molecule has 8 heteroatoms. The Bertz CT molecular complexity index is 1480. The van der Waals surface area contributed by atoms with E-state index in [0.29, 0.717) is 11.4 Å². The summed E-state index contributed by atoms with van der Waals surface area (Å²) in [5.74, 6) is -0.840. The van der Waals surface area contributed by atoms with Crippen molar-refractivity contribution in [3.05, 3.63) is 88.2 Å². The number of hydrogen-bond acceptors (Lipinski definition) is 5. The lowest BCUT2D eigenvalue weighted by Crippen LogP contribution is -2.26. The first kappa shape index (κ1) is 22.5. The number of rotatable bonds is 4. The van der Waals surface area contributed by atoms with E-state index in [0.717, 1.165) is 34.0 Å². The predicted molar refractivity (Wildman–Crippen MR) is 131 cm³/mol. The van der Waals surface area contributed by atoms with Crippen molar-refractivity contribution in [1.82, 2.24) is 14.7 Å². The molecule has 0 spiro atoms. The van der Waals surface area contributed by atoms with Gasteiger partial charge in [-0.15, -0.1) is 0 Å². The van der Waals surface area contributed by atoms with Gasteiger partial charge in [0.25, 0.3) is 5.91 Å². The largest absolute Gasteiger partial charge is 0.508 e. The lowest BCUT2D eigenvalue weighted by atomic mass is 10.0. The fourth-order valence-electron chi connectivity index (χ4n) is 4.50. The van der Waals surface area contributed by atoms with Gasteiger partial charge in [-0.1, -0.05) is 30.3 Å². The van der Waals surface area contributed by atoms with Crippen LogP contribution in [0.15, 0.2) is 54.6 Å². The number of fused-ring (bicyclic) bond motifs is 1. The van der Waals surface area contributed by atoms with E-state index >= 15 is 0 Å². The molecule has 2 heterocycles. The van der Waals surface area contributed by atoms with E-state index in [9.17, 15) is 19.4 Å². The molecular formula is C27H25FN4O3. The first-order valence-corrected chi connectivity index (χ1v) is 11.2. The van der Waals surface area contributed by atoms with E-state index in [2.05, 4.69) is 10.4 Å². The van der Waals surface area contributed by atoms with Crippen LogP contribution in [0.2, 0.25) is 0 Å². The minimum atomic E-state index is -0.475. The van der Waals surface area contributed by atoms with E-state index in [1.807, 2.05) is 38.1 Å². The Balaban J connectivity index is 1.49. The molecule has 1 aliphatic heterocycles. The summed E-state index contributed by atoms with van der Waals surface area (Å²) in [7, 11) is 1.76. The highest BCUT2D eigenvalue weighted by Gasteiger charge is 2.30. The molecule has 1 aromatic heterocycles. The molecule has 0 radical (unpaired) electrons. The number of hydrogen-bond donors (Lipinski definition) is 3. The van der Waals surface area contributed by atoms with Crippen LogP contribution in [-0.2, 0) is 20.1 Å². The molecule has 0 unspecified atom stereocenters. The van der Waals surface area contributed by atoms with Crippen molar-refractivity contribution in [3.8, 4) is 22.8 Å². The van der Waals surface area contributed by atoms with Gasteiger partial charge in [-0.2, -0.15) is 5.10 Å². The van der Waals surface area contributed by atoms with Gasteiger partial charge >= 0.3 is 0 Å². The molecule has 0 atom stereocenters. The van der Waals surface area contributed by atoms with Crippen LogP contribution in [0.3, 0.4) is 0 Å². The molecule has 0 saturated carbocycles. The van der Waals surface area contributed by atoms with Crippen LogP contribution in [0.1, 0.15) is 32.6 Å². The molecule has 1 amide bonds. The van der Waals surface area contributed by atoms with Gasteiger partial charge in [0.05, 0.1) is 11.4 Å². The number of benzene rings is 3. The van der Waals surface area contributed by atoms with Gasteiger partial charge in [0.1, 0.15) is 28.7 Å². The summed E-state index contributed by atoms with van der Waals surface area (Å²) in [5.41, 5.74) is 5.42. The molecule has 0 aliphatic carbocycles. The van der Waals surface area contributed by atoms with Crippen LogP contribution in [0.25, 0.3) is 11.3 Å². The second-order valence-electron chi connectivity index (χ2n) is 8.84. The lowest BCUT2D eigenvalue weighted by Gasteiger charge is -2.20. The number of carbonyl (C=O) groups excluding carboxylic acids is 1. The van der Waals surface area contributed by atoms with E-state index < -0.39 is 5.91 Å². The minimum Gasteiger partial charge on any atom is -0.508 e. The number of phenolic OH excluding ortho intramolecular Hbond substituents is 2. The second-order valence-corrected chi connectivity index (χ2v) is 8.84. The number of anilines is 2. The second kappa shape index (κ2) is 8.47. The van der Waals surface area contributed by atoms with Crippen molar-refractivity contribution in [3.63, 3.8) is 0 Å². The van der Waals surface area contributed by atoms with Crippen molar-refractivity contribution in [2.45, 2.75) is 26.9 Å². The standard InChI is InChI=1S/C27H25FN4O3/c1-15-6-4-8-19(16(15)2)22-12-25(31(3)30-22)29-23-10-18(33)11-24(34)26(23)27(35)32-13-17-7-5-9-21(28)20(17)14-32/h4-12,29,33-34H,13-14H2,1-3H3. The average molecular weight is 473 g/mol. The van der Waals surface area contributed by atoms with Gasteiger partial charge in [-0.3, -0.25) is 9.48 Å². The Hall–Kier alpha value is -4.33. The maximum Gasteiger partial charge on any atom is 0.260 e. The summed E-state index contributed by atoms with van der Waals surface area (Å²) >= 11 is 0. The van der Waals surface area contributed by atoms with Crippen LogP contribution in [0.4, 0.5) is 15.9 Å². The Labute approximate surface area is 202 Å². The third-order valence-electron chi connectivity index (χ3n) is 6.55. The third kappa shape index (κ3) is 3.97. The average Bonchev–Trinajstić information content (AvgIpc) is 3.40. The number of nitrogens with zero attached hydrogens (tertiary/aromatic N) is 3. The highest BCUT2D eigenvalue weighted by Crippen LogP contribution is 2.37. The zero-order valence-corrected chi connectivity index (χ0v) is 19.6. The normalized spacial score (nSPS) is 12.6. The highest BCUT2D eigenvalue weighted by molar-refractivity contribution is 6.03. The molecule has 0 fully saturated rings. The number of nitrogens with one attached hydrogen (secondary N) is 1. The summed E-state index contributed by atoms with van der Waals surface area (Å²) in [6.07, 6.45) is 0. The number of aromatic nitrogens is 2. The number of amides is 1. The Morgan fingerprint density at radius 2 is 1.83 bits per heavy atom. The molecule has 1 aliphatic rings. The Kier molecular flexibility index (Phi) is 5.43. The van der Waals surface area contributed by atoms with Crippen LogP contribution < -0.4 is 5.32 Å². The number of aryl methyl sites for hydroxylation is 2. The van der Waals surface area contributed by atoms with Crippen LogP contribution in [-0.4, -0.2) is 30.8 Å². The summed E-state index contributed by atoms with van der Waals surface area (Å²) in [6.45, 7) is 4.40. The summed E-state index contributed by atoms with van der Waals surface area (Å²) in [5, 5.41) is 28.5. The lowest BCUT2D eigenvalue weighted by molar-refractivity contribution is 0.0748. The first-order chi connectivity index (χ1) is 16.7. The summed E-state index contributed by atoms with van der Waals surface area (Å²) in [4.78, 5) is 14.9. The minimum absolute atomic E-state index is 0.00880. The van der Waals surface area contributed by atoms with Crippen molar-refractivity contribution in [1.29, 1.82) is 0 Å². The highest BCUT2D eigenvalue weighted by atomic mass is 19.1. The zero-order valence-electron chi connectivity index (χ0n) is 19.6. The number of carbonyl (C=O) groups is 1. The molecule has 3 N–H and O–H groups in total. The molecular weight excluding hydrogens is 447 g/mol. The summed E-state index contributed by atoms with van der Waals surface area (Å²) in [6, 6.07) is 15.1. The fourth-order valence-corrected chi connectivity index (χ4v) is 4.50. The van der Waals surface area contributed by atoms with E-state index in [1.165, 1.54) is 17.0 Å². The molecule has 5 rings (SSSR count). The van der Waals surface area contributed by atoms with E-state index in [4.69, 9.17) is 0 Å². The van der Waals surface area contributed by atoms with Gasteiger partial charge in [-0.05, 0) is 36.6 Å². The Morgan fingerprint density at radius 1 is 1.06 bits per heavy atom. The van der Waals surface area contributed by atoms with Gasteiger partial charge < -0.3 is 20.4 Å². The van der Waals surface area contributed by atoms with Gasteiger partial charge in [0, 0.05) is 49.5 Å². The first-order valence-electron chi connectivity index (χ1n) is 11.2. The SMILES string of the molecule is Cc1cccc(-c2cc(Nc3cc(O)cc(O)c3C(=O)N3Cc4cccc(F)c4C3)n(C)n2)c1C. The molecule has 3 aromatic carbocycles. The van der Waals surface area contributed by atoms with Crippen molar-refractivity contribution >= 4 is 17.4 Å². The molecule has 7 nitrogen and oxygen atoms in total. The van der Waals surface area contributed by atoms with E-state index in [1.54, 1.807) is 23.9 Å². The smallest absolute Gasteiger partial charge is 0.260 e. The molecule has 35 heavy (non-hydrogen) atoms. The number of aromatic hydroxyl groups is 2. The van der Waals surface area contributed by atoms with Crippen LogP contribution >= 0.6 is 0 Å². The van der Waals surface area contributed by atoms with Gasteiger partial charge in [0.15, 0.2) is 0 Å². The zero-order chi connectivity index (χ0) is 24.9. The molecule has 0 saturated heterocycles. The third-order valence-corrected chi connectivity index (χ3v) is 6.55. The predicted octanol–water partition coefficient (Wildman–Crippen LogP) is 5.15. The molecule has 178 valence electrons. The molecule has 0 bridgehead atoms. The van der Waals surface area contributed by atoms with Crippen LogP contribution in [0, 0.1) is 19.7 Å². The van der Waals surface area contributed by atoms with Crippen molar-refractivity contribution in [2.24, 2.45) is 7.05 Å². The maximum atomic E-state index is 14.2. The Morgan fingerprint density at radius 3 is 2.60 bits per heavy atom.